The molecule has 0 spiro atoms. The van der Waals surface area contributed by atoms with Gasteiger partial charge in [0.05, 0.1) is 11.9 Å². The molecular weight excluding hydrogens is 336 g/mol. The van der Waals surface area contributed by atoms with Crippen LogP contribution in [-0.2, 0) is 11.4 Å². The van der Waals surface area contributed by atoms with Gasteiger partial charge < -0.3 is 14.6 Å². The zero-order chi connectivity index (χ0) is 18.1. The maximum Gasteiger partial charge on any atom is 0.316 e. The number of rotatable bonds is 10. The number of unbranched alkanes of at least 4 members (excludes halogenated alkanes) is 1. The van der Waals surface area contributed by atoms with Crippen molar-refractivity contribution < 1.29 is 19.4 Å². The lowest BCUT2D eigenvalue weighted by Gasteiger charge is -2.12. The number of carboxylic acids is 1. The molecule has 1 atom stereocenters. The quantitative estimate of drug-likeness (QED) is 0.484. The minimum Gasteiger partial charge on any atom is -0.494 e. The summed E-state index contributed by atoms with van der Waals surface area (Å²) < 4.78 is 11.6. The molecule has 0 aliphatic heterocycles. The zero-order valence-corrected chi connectivity index (χ0v) is 15.2. The maximum absolute atomic E-state index is 10.7. The Balaban J connectivity index is 1.74. The molecule has 0 fully saturated rings. The van der Waals surface area contributed by atoms with E-state index in [4.69, 9.17) is 14.6 Å². The van der Waals surface area contributed by atoms with Crippen molar-refractivity contribution in [2.24, 2.45) is 0 Å². The van der Waals surface area contributed by atoms with Crippen molar-refractivity contribution in [1.82, 2.24) is 0 Å². The fourth-order valence-electron chi connectivity index (χ4n) is 2.36. The van der Waals surface area contributed by atoms with E-state index >= 15 is 0 Å². The standard InChI is InChI=1S/C20H24O4S/c1-15-13-17(23-12-6-5-9-19(25)20(21)22)10-11-18(15)24-14-16-7-3-2-4-8-16/h2-4,7-8,10-11,13,19,25H,5-6,9,12,14H2,1H3,(H,21,22). The van der Waals surface area contributed by atoms with Gasteiger partial charge in [-0.25, -0.2) is 0 Å². The predicted molar refractivity (Wildman–Crippen MR) is 102 cm³/mol. The molecule has 25 heavy (non-hydrogen) atoms. The molecule has 0 aromatic heterocycles. The van der Waals surface area contributed by atoms with Gasteiger partial charge in [0.15, 0.2) is 0 Å². The van der Waals surface area contributed by atoms with E-state index in [1.54, 1.807) is 0 Å². The van der Waals surface area contributed by atoms with Crippen LogP contribution in [0.5, 0.6) is 11.5 Å². The van der Waals surface area contributed by atoms with Crippen molar-refractivity contribution in [3.63, 3.8) is 0 Å². The lowest BCUT2D eigenvalue weighted by molar-refractivity contribution is -0.136. The zero-order valence-electron chi connectivity index (χ0n) is 14.4. The SMILES string of the molecule is Cc1cc(OCCCCC(S)C(=O)O)ccc1OCc1ccccc1. The van der Waals surface area contributed by atoms with Gasteiger partial charge in [-0.1, -0.05) is 30.3 Å². The summed E-state index contributed by atoms with van der Waals surface area (Å²) in [6.07, 6.45) is 2.13. The third kappa shape index (κ3) is 6.70. The van der Waals surface area contributed by atoms with Crippen LogP contribution in [0.15, 0.2) is 48.5 Å². The summed E-state index contributed by atoms with van der Waals surface area (Å²) in [4.78, 5) is 10.7. The monoisotopic (exact) mass is 360 g/mol. The Morgan fingerprint density at radius 3 is 2.56 bits per heavy atom. The van der Waals surface area contributed by atoms with Crippen LogP contribution in [0.2, 0.25) is 0 Å². The minimum absolute atomic E-state index is 0.538. The van der Waals surface area contributed by atoms with E-state index < -0.39 is 11.2 Å². The second kappa shape index (κ2) is 9.99. The van der Waals surface area contributed by atoms with Crippen molar-refractivity contribution in [2.45, 2.75) is 38.0 Å². The smallest absolute Gasteiger partial charge is 0.316 e. The number of thiol groups is 1. The molecule has 0 bridgehead atoms. The molecule has 5 heteroatoms. The third-order valence-corrected chi connectivity index (χ3v) is 4.29. The molecule has 0 aliphatic carbocycles. The van der Waals surface area contributed by atoms with E-state index in [0.717, 1.165) is 35.5 Å². The number of carboxylic acid groups (broad SMARTS) is 1. The summed E-state index contributed by atoms with van der Waals surface area (Å²) in [6.45, 7) is 3.09. The Bertz CT molecular complexity index is 673. The lowest BCUT2D eigenvalue weighted by Crippen LogP contribution is -2.13. The van der Waals surface area contributed by atoms with E-state index in [0.29, 0.717) is 19.6 Å². The van der Waals surface area contributed by atoms with Crippen molar-refractivity contribution >= 4 is 18.6 Å². The Labute approximate surface area is 154 Å². The summed E-state index contributed by atoms with van der Waals surface area (Å²) in [7, 11) is 0. The molecule has 2 aromatic carbocycles. The Morgan fingerprint density at radius 1 is 1.12 bits per heavy atom. The highest BCUT2D eigenvalue weighted by molar-refractivity contribution is 7.81. The summed E-state index contributed by atoms with van der Waals surface area (Å²) >= 11 is 4.01. The van der Waals surface area contributed by atoms with Gasteiger partial charge in [0, 0.05) is 0 Å². The van der Waals surface area contributed by atoms with E-state index in [1.807, 2.05) is 55.5 Å². The molecule has 134 valence electrons. The van der Waals surface area contributed by atoms with Gasteiger partial charge in [-0.3, -0.25) is 4.79 Å². The first kappa shape index (κ1) is 19.2. The first-order valence-corrected chi connectivity index (χ1v) is 8.89. The van der Waals surface area contributed by atoms with E-state index in [1.165, 1.54) is 0 Å². The van der Waals surface area contributed by atoms with Crippen LogP contribution < -0.4 is 9.47 Å². The van der Waals surface area contributed by atoms with Crippen molar-refractivity contribution in [3.8, 4) is 11.5 Å². The maximum atomic E-state index is 10.7. The van der Waals surface area contributed by atoms with Crippen LogP contribution in [-0.4, -0.2) is 22.9 Å². The van der Waals surface area contributed by atoms with Gasteiger partial charge in [0.1, 0.15) is 18.1 Å². The third-order valence-electron chi connectivity index (χ3n) is 3.81. The molecule has 2 rings (SSSR count). The molecule has 2 aromatic rings. The van der Waals surface area contributed by atoms with Gasteiger partial charge in [0.2, 0.25) is 0 Å². The van der Waals surface area contributed by atoms with Crippen LogP contribution >= 0.6 is 12.6 Å². The first-order valence-electron chi connectivity index (χ1n) is 8.37. The molecule has 1 unspecified atom stereocenters. The van der Waals surface area contributed by atoms with E-state index in [2.05, 4.69) is 12.6 Å². The van der Waals surface area contributed by atoms with Gasteiger partial charge in [0.25, 0.3) is 0 Å². The molecule has 4 nitrogen and oxygen atoms in total. The summed E-state index contributed by atoms with van der Waals surface area (Å²) in [5.74, 6) is 0.770. The predicted octanol–water partition coefficient (Wildman–Crippen LogP) is 4.51. The van der Waals surface area contributed by atoms with Crippen LogP contribution in [0.25, 0.3) is 0 Å². The highest BCUT2D eigenvalue weighted by atomic mass is 32.1. The topological polar surface area (TPSA) is 55.8 Å². The number of hydrogen-bond donors (Lipinski definition) is 2. The number of aryl methyl sites for hydroxylation is 1. The van der Waals surface area contributed by atoms with Crippen LogP contribution in [0.3, 0.4) is 0 Å². The molecular formula is C20H24O4S. The van der Waals surface area contributed by atoms with Gasteiger partial charge in [-0.2, -0.15) is 12.6 Å². The molecule has 0 amide bonds. The molecule has 0 radical (unpaired) electrons. The van der Waals surface area contributed by atoms with E-state index in [9.17, 15) is 4.79 Å². The second-order valence-electron chi connectivity index (χ2n) is 5.90. The Hall–Kier alpha value is -2.14. The van der Waals surface area contributed by atoms with Gasteiger partial charge in [-0.15, -0.1) is 0 Å². The lowest BCUT2D eigenvalue weighted by atomic mass is 10.2. The first-order chi connectivity index (χ1) is 12.1. The molecule has 1 N–H and O–H groups in total. The minimum atomic E-state index is -0.869. The average Bonchev–Trinajstić information content (AvgIpc) is 2.61. The van der Waals surface area contributed by atoms with Crippen molar-refractivity contribution in [3.05, 3.63) is 59.7 Å². The Morgan fingerprint density at radius 2 is 1.88 bits per heavy atom. The van der Waals surface area contributed by atoms with Crippen LogP contribution in [0, 0.1) is 6.92 Å². The van der Waals surface area contributed by atoms with Gasteiger partial charge >= 0.3 is 5.97 Å². The second-order valence-corrected chi connectivity index (χ2v) is 6.52. The molecule has 0 aliphatic rings. The molecule has 0 saturated carbocycles. The Kier molecular flexibility index (Phi) is 7.67. The molecule has 0 saturated heterocycles. The fourth-order valence-corrected chi connectivity index (χ4v) is 2.54. The summed E-state index contributed by atoms with van der Waals surface area (Å²) in [5.41, 5.74) is 2.15. The highest BCUT2D eigenvalue weighted by Gasteiger charge is 2.10. The van der Waals surface area contributed by atoms with E-state index in [-0.39, 0.29) is 0 Å². The number of benzene rings is 2. The van der Waals surface area contributed by atoms with Crippen molar-refractivity contribution in [1.29, 1.82) is 0 Å². The highest BCUT2D eigenvalue weighted by Crippen LogP contribution is 2.24. The number of ether oxygens (including phenoxy) is 2. The van der Waals surface area contributed by atoms with Crippen molar-refractivity contribution in [2.75, 3.05) is 6.61 Å². The van der Waals surface area contributed by atoms with Crippen LogP contribution in [0.4, 0.5) is 0 Å². The van der Waals surface area contributed by atoms with Gasteiger partial charge in [-0.05, 0) is 55.5 Å². The summed E-state index contributed by atoms with van der Waals surface area (Å²) in [5, 5.41) is 8.18. The normalized spacial score (nSPS) is 11.8. The van der Waals surface area contributed by atoms with Crippen LogP contribution in [0.1, 0.15) is 30.4 Å². The average molecular weight is 360 g/mol. The number of hydrogen-bond acceptors (Lipinski definition) is 4. The molecule has 0 heterocycles. The number of aliphatic carboxylic acids is 1. The number of carbonyl (C=O) groups is 1. The fraction of sp³-hybridized carbons (Fsp3) is 0.350. The largest absolute Gasteiger partial charge is 0.494 e. The summed E-state index contributed by atoms with van der Waals surface area (Å²) in [6, 6.07) is 15.8.